The van der Waals surface area contributed by atoms with Gasteiger partial charge in [0, 0.05) is 25.2 Å². The monoisotopic (exact) mass is 430 g/mol. The molecule has 1 atom stereocenters. The van der Waals surface area contributed by atoms with E-state index < -0.39 is 0 Å². The van der Waals surface area contributed by atoms with E-state index in [1.807, 2.05) is 6.07 Å². The van der Waals surface area contributed by atoms with E-state index in [4.69, 9.17) is 9.47 Å². The first-order chi connectivity index (χ1) is 15.5. The molecule has 0 radical (unpaired) electrons. The molecule has 1 aliphatic rings. The molecular formula is C28H34N2O2. The van der Waals surface area contributed by atoms with Gasteiger partial charge in [0.25, 0.3) is 0 Å². The Balaban J connectivity index is 1.64. The molecule has 1 fully saturated rings. The lowest BCUT2D eigenvalue weighted by Crippen LogP contribution is -2.60. The first kappa shape index (κ1) is 22.4. The quantitative estimate of drug-likeness (QED) is 0.524. The Bertz CT molecular complexity index is 969. The van der Waals surface area contributed by atoms with Crippen molar-refractivity contribution in [1.82, 2.24) is 9.80 Å². The summed E-state index contributed by atoms with van der Waals surface area (Å²) in [6, 6.07) is 28.3. The van der Waals surface area contributed by atoms with Crippen LogP contribution in [0.15, 0.2) is 78.9 Å². The summed E-state index contributed by atoms with van der Waals surface area (Å²) in [5.74, 6) is 1.56. The predicted octanol–water partition coefficient (Wildman–Crippen LogP) is 5.04. The van der Waals surface area contributed by atoms with Crippen LogP contribution in [0, 0.1) is 0 Å². The summed E-state index contributed by atoms with van der Waals surface area (Å²) in [7, 11) is 5.62. The second-order valence-electron chi connectivity index (χ2n) is 8.98. The predicted molar refractivity (Wildman–Crippen MR) is 131 cm³/mol. The number of hydrogen-bond acceptors (Lipinski definition) is 4. The molecule has 4 nitrogen and oxygen atoms in total. The molecule has 1 saturated heterocycles. The van der Waals surface area contributed by atoms with Crippen LogP contribution >= 0.6 is 0 Å². The fourth-order valence-electron chi connectivity index (χ4n) is 4.91. The van der Waals surface area contributed by atoms with Crippen molar-refractivity contribution in [3.63, 3.8) is 0 Å². The third-order valence-electron chi connectivity index (χ3n) is 6.82. The molecule has 1 aliphatic heterocycles. The van der Waals surface area contributed by atoms with Gasteiger partial charge in [0.05, 0.1) is 20.3 Å². The summed E-state index contributed by atoms with van der Waals surface area (Å²) in [6.07, 6.45) is 0.941. The van der Waals surface area contributed by atoms with Crippen molar-refractivity contribution in [3.05, 3.63) is 95.6 Å². The molecule has 0 saturated carbocycles. The highest BCUT2D eigenvalue weighted by Gasteiger charge is 2.38. The molecule has 0 aliphatic carbocycles. The van der Waals surface area contributed by atoms with Crippen molar-refractivity contribution in [2.24, 2.45) is 0 Å². The third-order valence-corrected chi connectivity index (χ3v) is 6.82. The number of ether oxygens (including phenoxy) is 2. The smallest absolute Gasteiger partial charge is 0.160 e. The van der Waals surface area contributed by atoms with Crippen LogP contribution < -0.4 is 9.47 Å². The Labute approximate surface area is 192 Å². The standard InChI is InChI=1S/C28H34N2O2/c1-28(20-22-15-16-25(31-3)26(19-22)32-4)21-30(18-17-29(28)2)27(23-11-7-5-8-12-23)24-13-9-6-10-14-24/h5-16,19,27H,17-18,20-21H2,1-4H3/t28-/m0/s1. The van der Waals surface area contributed by atoms with Crippen LogP contribution in [0.2, 0.25) is 0 Å². The van der Waals surface area contributed by atoms with Crippen molar-refractivity contribution < 1.29 is 9.47 Å². The molecule has 0 N–H and O–H groups in total. The molecule has 4 rings (SSSR count). The summed E-state index contributed by atoms with van der Waals surface area (Å²) in [4.78, 5) is 5.15. The number of likely N-dealkylation sites (N-methyl/N-ethyl adjacent to an activating group) is 1. The molecule has 0 unspecified atom stereocenters. The normalized spacial score (nSPS) is 19.8. The molecule has 1 heterocycles. The highest BCUT2D eigenvalue weighted by Crippen LogP contribution is 2.35. The van der Waals surface area contributed by atoms with Gasteiger partial charge in [-0.1, -0.05) is 66.7 Å². The van der Waals surface area contributed by atoms with Crippen LogP contribution in [0.5, 0.6) is 11.5 Å². The minimum absolute atomic E-state index is 0.000337. The van der Waals surface area contributed by atoms with Crippen LogP contribution in [-0.2, 0) is 6.42 Å². The summed E-state index contributed by atoms with van der Waals surface area (Å²) >= 11 is 0. The van der Waals surface area contributed by atoms with Gasteiger partial charge in [-0.3, -0.25) is 9.80 Å². The second-order valence-corrected chi connectivity index (χ2v) is 8.98. The van der Waals surface area contributed by atoms with E-state index in [0.717, 1.165) is 37.6 Å². The number of benzene rings is 3. The van der Waals surface area contributed by atoms with E-state index in [2.05, 4.69) is 96.6 Å². The Morgan fingerprint density at radius 1 is 0.812 bits per heavy atom. The van der Waals surface area contributed by atoms with Crippen LogP contribution in [0.4, 0.5) is 0 Å². The number of methoxy groups -OCH3 is 2. The van der Waals surface area contributed by atoms with Gasteiger partial charge >= 0.3 is 0 Å². The maximum absolute atomic E-state index is 5.55. The van der Waals surface area contributed by atoms with Gasteiger partial charge in [-0.05, 0) is 49.2 Å². The molecule has 3 aromatic rings. The molecule has 0 aromatic heterocycles. The average molecular weight is 431 g/mol. The maximum Gasteiger partial charge on any atom is 0.160 e. The lowest BCUT2D eigenvalue weighted by Gasteiger charge is -2.50. The zero-order valence-electron chi connectivity index (χ0n) is 19.6. The van der Waals surface area contributed by atoms with Gasteiger partial charge in [0.15, 0.2) is 11.5 Å². The Morgan fingerprint density at radius 3 is 1.97 bits per heavy atom. The van der Waals surface area contributed by atoms with Gasteiger partial charge in [-0.25, -0.2) is 0 Å². The van der Waals surface area contributed by atoms with Crippen molar-refractivity contribution in [1.29, 1.82) is 0 Å². The van der Waals surface area contributed by atoms with Gasteiger partial charge in [0.1, 0.15) is 0 Å². The summed E-state index contributed by atoms with van der Waals surface area (Å²) < 4.78 is 11.0. The van der Waals surface area contributed by atoms with Gasteiger partial charge in [-0.15, -0.1) is 0 Å². The third kappa shape index (κ3) is 4.67. The van der Waals surface area contributed by atoms with Crippen molar-refractivity contribution in [2.75, 3.05) is 40.9 Å². The fourth-order valence-corrected chi connectivity index (χ4v) is 4.91. The number of piperazine rings is 1. The molecular weight excluding hydrogens is 396 g/mol. The first-order valence-electron chi connectivity index (χ1n) is 11.3. The molecule has 32 heavy (non-hydrogen) atoms. The highest BCUT2D eigenvalue weighted by atomic mass is 16.5. The lowest BCUT2D eigenvalue weighted by molar-refractivity contribution is 0.0133. The van der Waals surface area contributed by atoms with E-state index in [0.29, 0.717) is 0 Å². The lowest BCUT2D eigenvalue weighted by atomic mass is 9.86. The SMILES string of the molecule is COc1ccc(C[C@@]2(C)CN(C(c3ccccc3)c3ccccc3)CCN2C)cc1OC. The minimum Gasteiger partial charge on any atom is -0.493 e. The van der Waals surface area contributed by atoms with Crippen molar-refractivity contribution in [2.45, 2.75) is 24.9 Å². The van der Waals surface area contributed by atoms with E-state index in [1.54, 1.807) is 14.2 Å². The largest absolute Gasteiger partial charge is 0.493 e. The van der Waals surface area contributed by atoms with Gasteiger partial charge in [0.2, 0.25) is 0 Å². The van der Waals surface area contributed by atoms with E-state index in [-0.39, 0.29) is 11.6 Å². The van der Waals surface area contributed by atoms with Crippen molar-refractivity contribution in [3.8, 4) is 11.5 Å². The topological polar surface area (TPSA) is 24.9 Å². The molecule has 4 heteroatoms. The Morgan fingerprint density at radius 2 is 1.41 bits per heavy atom. The van der Waals surface area contributed by atoms with Crippen LogP contribution in [-0.4, -0.2) is 56.2 Å². The molecule has 0 bridgehead atoms. The number of rotatable bonds is 7. The molecule has 3 aromatic carbocycles. The average Bonchev–Trinajstić information content (AvgIpc) is 2.83. The van der Waals surface area contributed by atoms with E-state index in [9.17, 15) is 0 Å². The maximum atomic E-state index is 5.55. The Kier molecular flexibility index (Phi) is 6.83. The molecule has 0 amide bonds. The van der Waals surface area contributed by atoms with E-state index in [1.165, 1.54) is 16.7 Å². The van der Waals surface area contributed by atoms with Crippen LogP contribution in [0.25, 0.3) is 0 Å². The zero-order valence-corrected chi connectivity index (χ0v) is 19.6. The van der Waals surface area contributed by atoms with Crippen molar-refractivity contribution >= 4 is 0 Å². The van der Waals surface area contributed by atoms with Crippen LogP contribution in [0.3, 0.4) is 0 Å². The first-order valence-corrected chi connectivity index (χ1v) is 11.3. The number of nitrogens with zero attached hydrogens (tertiary/aromatic N) is 2. The summed E-state index contributed by atoms with van der Waals surface area (Å²) in [5.41, 5.74) is 3.95. The van der Waals surface area contributed by atoms with Crippen LogP contribution in [0.1, 0.15) is 29.7 Å². The molecule has 0 spiro atoms. The number of hydrogen-bond donors (Lipinski definition) is 0. The molecule has 168 valence electrons. The summed E-state index contributed by atoms with van der Waals surface area (Å²) in [5, 5.41) is 0. The fraction of sp³-hybridized carbons (Fsp3) is 0.357. The summed E-state index contributed by atoms with van der Waals surface area (Å²) in [6.45, 7) is 5.42. The minimum atomic E-state index is -0.000337. The van der Waals surface area contributed by atoms with Gasteiger partial charge in [-0.2, -0.15) is 0 Å². The van der Waals surface area contributed by atoms with Gasteiger partial charge < -0.3 is 9.47 Å². The zero-order chi connectivity index (χ0) is 22.6. The Hall–Kier alpha value is -2.82. The highest BCUT2D eigenvalue weighted by molar-refractivity contribution is 5.43. The second kappa shape index (κ2) is 9.76. The van der Waals surface area contributed by atoms with E-state index >= 15 is 0 Å².